The van der Waals surface area contributed by atoms with Crippen molar-refractivity contribution in [2.24, 2.45) is 5.10 Å². The Labute approximate surface area is 196 Å². The van der Waals surface area contributed by atoms with Gasteiger partial charge in [-0.2, -0.15) is 5.10 Å². The molecule has 0 atom stereocenters. The highest BCUT2D eigenvalue weighted by molar-refractivity contribution is 7.92. The SMILES string of the molecule is CN(c1ccc(C(=O)NN=Cc2cc3ccccc3nc2Cl)cc1)S(=O)(=O)c1ccccc1. The summed E-state index contributed by atoms with van der Waals surface area (Å²) < 4.78 is 26.7. The quantitative estimate of drug-likeness (QED) is 0.251. The first-order valence-electron chi connectivity index (χ1n) is 9.89. The molecule has 0 radical (unpaired) electrons. The highest BCUT2D eigenvalue weighted by atomic mass is 35.5. The minimum Gasteiger partial charge on any atom is -0.269 e. The lowest BCUT2D eigenvalue weighted by atomic mass is 10.2. The van der Waals surface area contributed by atoms with Crippen LogP contribution in [0.5, 0.6) is 0 Å². The van der Waals surface area contributed by atoms with Gasteiger partial charge in [-0.15, -0.1) is 0 Å². The van der Waals surface area contributed by atoms with Crippen molar-refractivity contribution < 1.29 is 13.2 Å². The summed E-state index contributed by atoms with van der Waals surface area (Å²) in [6, 6.07) is 23.7. The van der Waals surface area contributed by atoms with Gasteiger partial charge in [0.25, 0.3) is 15.9 Å². The summed E-state index contributed by atoms with van der Waals surface area (Å²) >= 11 is 6.19. The molecule has 7 nitrogen and oxygen atoms in total. The molecule has 33 heavy (non-hydrogen) atoms. The molecule has 166 valence electrons. The van der Waals surface area contributed by atoms with Gasteiger partial charge in [0.2, 0.25) is 0 Å². The molecule has 0 saturated heterocycles. The molecule has 0 aliphatic rings. The molecular weight excluding hydrogens is 460 g/mol. The molecule has 1 amide bonds. The summed E-state index contributed by atoms with van der Waals surface area (Å²) in [6.07, 6.45) is 1.42. The van der Waals surface area contributed by atoms with Gasteiger partial charge in [-0.3, -0.25) is 9.10 Å². The molecule has 0 aliphatic heterocycles. The molecule has 0 spiro atoms. The number of benzene rings is 3. The van der Waals surface area contributed by atoms with Gasteiger partial charge in [0.1, 0.15) is 5.15 Å². The zero-order valence-corrected chi connectivity index (χ0v) is 19.1. The molecule has 9 heteroatoms. The molecule has 0 unspecified atom stereocenters. The lowest BCUT2D eigenvalue weighted by Crippen LogP contribution is -2.26. The maximum atomic E-state index is 12.7. The van der Waals surface area contributed by atoms with Crippen molar-refractivity contribution in [3.63, 3.8) is 0 Å². The number of nitrogens with zero attached hydrogens (tertiary/aromatic N) is 3. The smallest absolute Gasteiger partial charge is 0.269 e. The Kier molecular flexibility index (Phi) is 6.39. The zero-order valence-electron chi connectivity index (χ0n) is 17.5. The van der Waals surface area contributed by atoms with Crippen LogP contribution >= 0.6 is 11.6 Å². The number of fused-ring (bicyclic) bond motifs is 1. The molecule has 1 N–H and O–H groups in total. The van der Waals surface area contributed by atoms with Gasteiger partial charge in [0.05, 0.1) is 22.3 Å². The fourth-order valence-corrected chi connectivity index (χ4v) is 4.55. The van der Waals surface area contributed by atoms with E-state index in [1.807, 2.05) is 30.3 Å². The topological polar surface area (TPSA) is 91.7 Å². The Morgan fingerprint density at radius 2 is 1.67 bits per heavy atom. The Balaban J connectivity index is 1.45. The molecule has 4 rings (SSSR count). The number of para-hydroxylation sites is 1. The molecular formula is C24H19ClN4O3S. The Morgan fingerprint density at radius 3 is 2.39 bits per heavy atom. The van der Waals surface area contributed by atoms with Crippen LogP contribution in [-0.2, 0) is 10.0 Å². The van der Waals surface area contributed by atoms with Crippen LogP contribution in [0.25, 0.3) is 10.9 Å². The molecule has 0 saturated carbocycles. The van der Waals surface area contributed by atoms with E-state index in [1.54, 1.807) is 30.3 Å². The minimum absolute atomic E-state index is 0.186. The van der Waals surface area contributed by atoms with Crippen molar-refractivity contribution in [2.75, 3.05) is 11.4 Å². The van der Waals surface area contributed by atoms with Crippen molar-refractivity contribution in [2.45, 2.75) is 4.90 Å². The summed E-state index contributed by atoms with van der Waals surface area (Å²) in [6.45, 7) is 0. The molecule has 1 aromatic heterocycles. The number of pyridine rings is 1. The molecule has 1 heterocycles. The summed E-state index contributed by atoms with van der Waals surface area (Å²) in [7, 11) is -2.24. The second kappa shape index (κ2) is 9.40. The number of carbonyl (C=O) groups is 1. The van der Waals surface area contributed by atoms with Crippen molar-refractivity contribution >= 4 is 50.3 Å². The van der Waals surface area contributed by atoms with Gasteiger partial charge in [-0.25, -0.2) is 18.8 Å². The second-order valence-corrected chi connectivity index (χ2v) is 9.42. The summed E-state index contributed by atoms with van der Waals surface area (Å²) in [4.78, 5) is 16.9. The van der Waals surface area contributed by atoms with Gasteiger partial charge < -0.3 is 0 Å². The first kappa shape index (κ1) is 22.4. The average molecular weight is 479 g/mol. The predicted molar refractivity (Wildman–Crippen MR) is 130 cm³/mol. The number of nitrogens with one attached hydrogen (secondary N) is 1. The number of rotatable bonds is 6. The number of aromatic nitrogens is 1. The monoisotopic (exact) mass is 478 g/mol. The van der Waals surface area contributed by atoms with E-state index >= 15 is 0 Å². The van der Waals surface area contributed by atoms with E-state index in [4.69, 9.17) is 11.6 Å². The minimum atomic E-state index is -3.70. The van der Waals surface area contributed by atoms with Gasteiger partial charge in [0.15, 0.2) is 0 Å². The van der Waals surface area contributed by atoms with E-state index in [2.05, 4.69) is 15.5 Å². The highest BCUT2D eigenvalue weighted by Crippen LogP contribution is 2.22. The van der Waals surface area contributed by atoms with Crippen molar-refractivity contribution in [3.8, 4) is 0 Å². The number of halogens is 1. The van der Waals surface area contributed by atoms with E-state index in [0.29, 0.717) is 16.8 Å². The second-order valence-electron chi connectivity index (χ2n) is 7.09. The Bertz CT molecular complexity index is 1440. The van der Waals surface area contributed by atoms with E-state index in [-0.39, 0.29) is 10.0 Å². The normalized spacial score (nSPS) is 11.6. The van der Waals surface area contributed by atoms with Crippen LogP contribution in [-0.4, -0.2) is 32.6 Å². The van der Waals surface area contributed by atoms with Gasteiger partial charge in [0, 0.05) is 23.6 Å². The molecule has 0 bridgehead atoms. The maximum absolute atomic E-state index is 12.7. The molecule has 0 aliphatic carbocycles. The highest BCUT2D eigenvalue weighted by Gasteiger charge is 2.21. The number of hydrogen-bond donors (Lipinski definition) is 1. The van der Waals surface area contributed by atoms with E-state index in [9.17, 15) is 13.2 Å². The van der Waals surface area contributed by atoms with Crippen LogP contribution in [0.3, 0.4) is 0 Å². The number of anilines is 1. The van der Waals surface area contributed by atoms with Crippen LogP contribution < -0.4 is 9.73 Å². The molecule has 4 aromatic rings. The van der Waals surface area contributed by atoms with Crippen LogP contribution in [0.15, 0.2) is 94.9 Å². The zero-order chi connectivity index (χ0) is 23.4. The standard InChI is InChI=1S/C24H19ClN4O3S/c1-29(33(31,32)21-8-3-2-4-9-21)20-13-11-17(12-14-20)24(30)28-26-16-19-15-18-7-5-6-10-22(18)27-23(19)25/h2-16H,1H3,(H,28,30). The van der Waals surface area contributed by atoms with Gasteiger partial charge >= 0.3 is 0 Å². The first-order valence-corrected chi connectivity index (χ1v) is 11.7. The van der Waals surface area contributed by atoms with E-state index in [0.717, 1.165) is 15.2 Å². The van der Waals surface area contributed by atoms with Crippen molar-refractivity contribution in [1.82, 2.24) is 10.4 Å². The summed E-state index contributed by atoms with van der Waals surface area (Å²) in [5.41, 5.74) is 4.52. The largest absolute Gasteiger partial charge is 0.271 e. The molecule has 3 aromatic carbocycles. The van der Waals surface area contributed by atoms with Crippen molar-refractivity contribution in [1.29, 1.82) is 0 Å². The third-order valence-electron chi connectivity index (χ3n) is 4.97. The van der Waals surface area contributed by atoms with Crippen LogP contribution in [0, 0.1) is 0 Å². The average Bonchev–Trinajstić information content (AvgIpc) is 2.84. The van der Waals surface area contributed by atoms with E-state index < -0.39 is 15.9 Å². The van der Waals surface area contributed by atoms with Crippen molar-refractivity contribution in [3.05, 3.63) is 101 Å². The molecule has 0 fully saturated rings. The number of amides is 1. The van der Waals surface area contributed by atoms with Gasteiger partial charge in [-0.05, 0) is 48.5 Å². The van der Waals surface area contributed by atoms with Crippen LogP contribution in [0.1, 0.15) is 15.9 Å². The lowest BCUT2D eigenvalue weighted by molar-refractivity contribution is 0.0955. The lowest BCUT2D eigenvalue weighted by Gasteiger charge is -2.19. The number of hydrazone groups is 1. The predicted octanol–water partition coefficient (Wildman–Crippen LogP) is 4.48. The van der Waals surface area contributed by atoms with Crippen LogP contribution in [0.4, 0.5) is 5.69 Å². The Morgan fingerprint density at radius 1 is 1.00 bits per heavy atom. The summed E-state index contributed by atoms with van der Waals surface area (Å²) in [5.74, 6) is -0.448. The number of hydrogen-bond acceptors (Lipinski definition) is 5. The number of sulfonamides is 1. The summed E-state index contributed by atoms with van der Waals surface area (Å²) in [5, 5.41) is 5.15. The third kappa shape index (κ3) is 4.87. The number of carbonyl (C=O) groups excluding carboxylic acids is 1. The fourth-order valence-electron chi connectivity index (χ4n) is 3.14. The maximum Gasteiger partial charge on any atom is 0.271 e. The fraction of sp³-hybridized carbons (Fsp3) is 0.0417. The van der Waals surface area contributed by atoms with E-state index in [1.165, 1.54) is 37.5 Å². The Hall–Kier alpha value is -3.75. The third-order valence-corrected chi connectivity index (χ3v) is 7.07. The van der Waals surface area contributed by atoms with Crippen LogP contribution in [0.2, 0.25) is 5.15 Å². The first-order chi connectivity index (χ1) is 15.9. The van der Waals surface area contributed by atoms with Gasteiger partial charge in [-0.1, -0.05) is 48.0 Å².